The van der Waals surface area contributed by atoms with Crippen molar-refractivity contribution in [3.05, 3.63) is 29.3 Å². The number of hydrogen-bond acceptors (Lipinski definition) is 2. The second kappa shape index (κ2) is 7.57. The molecule has 1 fully saturated rings. The Kier molecular flexibility index (Phi) is 5.93. The van der Waals surface area contributed by atoms with Gasteiger partial charge in [0, 0.05) is 5.56 Å². The number of ether oxygens (including phenoxy) is 1. The Morgan fingerprint density at radius 2 is 1.67 bits per heavy atom. The summed E-state index contributed by atoms with van der Waals surface area (Å²) in [4.78, 5) is 11.2. The quantitative estimate of drug-likeness (QED) is 0.381. The molecule has 3 heteroatoms. The summed E-state index contributed by atoms with van der Waals surface area (Å²) in [6.45, 7) is 13.9. The van der Waals surface area contributed by atoms with Gasteiger partial charge >= 0.3 is 0 Å². The van der Waals surface area contributed by atoms with Crippen LogP contribution in [0.1, 0.15) is 70.3 Å². The Balaban J connectivity index is 2.38. The van der Waals surface area contributed by atoms with Crippen molar-refractivity contribution in [2.75, 3.05) is 0 Å². The van der Waals surface area contributed by atoms with Crippen LogP contribution in [-0.4, -0.2) is 20.5 Å². The van der Waals surface area contributed by atoms with E-state index in [4.69, 9.17) is 4.74 Å². The number of benzene rings is 1. The third-order valence-electron chi connectivity index (χ3n) is 5.25. The molecule has 1 aromatic carbocycles. The average molecular weight is 343 g/mol. The second-order valence-corrected chi connectivity index (χ2v) is 13.4. The summed E-state index contributed by atoms with van der Waals surface area (Å²) >= 11 is 0. The summed E-state index contributed by atoms with van der Waals surface area (Å²) in [5, 5.41) is 0. The molecule has 0 N–H and O–H groups in total. The van der Waals surface area contributed by atoms with Gasteiger partial charge in [0.25, 0.3) is 0 Å². The fourth-order valence-corrected chi connectivity index (χ4v) is 9.02. The van der Waals surface area contributed by atoms with Crippen molar-refractivity contribution in [3.8, 4) is 17.2 Å². The van der Waals surface area contributed by atoms with Gasteiger partial charge in [-0.05, 0) is 47.7 Å². The SMILES string of the molecule is CC(C)[Si](C#Cc1ccc(C=O)c(OC2CC2)c1)(C(C)C)C(C)C. The predicted molar refractivity (Wildman–Crippen MR) is 103 cm³/mol. The van der Waals surface area contributed by atoms with Crippen LogP contribution in [0, 0.1) is 11.5 Å². The third-order valence-corrected chi connectivity index (χ3v) is 11.5. The highest BCUT2D eigenvalue weighted by Crippen LogP contribution is 2.40. The van der Waals surface area contributed by atoms with Gasteiger partial charge in [0.05, 0.1) is 11.7 Å². The van der Waals surface area contributed by atoms with Gasteiger partial charge in [-0.15, -0.1) is 5.54 Å². The number of carbonyl (C=O) groups is 1. The zero-order chi connectivity index (χ0) is 17.9. The Morgan fingerprint density at radius 3 is 2.12 bits per heavy atom. The maximum Gasteiger partial charge on any atom is 0.153 e. The normalized spacial score (nSPS) is 14.7. The molecule has 0 unspecified atom stereocenters. The monoisotopic (exact) mass is 342 g/mol. The van der Waals surface area contributed by atoms with Crippen molar-refractivity contribution in [2.45, 2.75) is 77.1 Å². The van der Waals surface area contributed by atoms with Crippen molar-refractivity contribution in [1.82, 2.24) is 0 Å². The smallest absolute Gasteiger partial charge is 0.153 e. The molecule has 2 nitrogen and oxygen atoms in total. The summed E-state index contributed by atoms with van der Waals surface area (Å²) < 4.78 is 5.87. The van der Waals surface area contributed by atoms with Gasteiger partial charge in [-0.1, -0.05) is 47.5 Å². The lowest BCUT2D eigenvalue weighted by atomic mass is 10.1. The summed E-state index contributed by atoms with van der Waals surface area (Å²) in [6.07, 6.45) is 3.31. The number of rotatable bonds is 6. The molecule has 24 heavy (non-hydrogen) atoms. The summed E-state index contributed by atoms with van der Waals surface area (Å²) in [6, 6.07) is 5.71. The van der Waals surface area contributed by atoms with Gasteiger partial charge < -0.3 is 4.74 Å². The zero-order valence-electron chi connectivity index (χ0n) is 15.8. The molecular weight excluding hydrogens is 312 g/mol. The molecule has 0 spiro atoms. The lowest BCUT2D eigenvalue weighted by Gasteiger charge is -2.38. The summed E-state index contributed by atoms with van der Waals surface area (Å²) in [5.74, 6) is 4.12. The van der Waals surface area contributed by atoms with E-state index < -0.39 is 8.07 Å². The highest BCUT2D eigenvalue weighted by molar-refractivity contribution is 6.90. The maximum atomic E-state index is 11.2. The number of aldehydes is 1. The van der Waals surface area contributed by atoms with Gasteiger partial charge in [-0.25, -0.2) is 0 Å². The van der Waals surface area contributed by atoms with Gasteiger partial charge in [-0.2, -0.15) is 0 Å². The Labute approximate surface area is 148 Å². The average Bonchev–Trinajstić information content (AvgIpc) is 3.31. The van der Waals surface area contributed by atoms with Crippen LogP contribution in [0.15, 0.2) is 18.2 Å². The van der Waals surface area contributed by atoms with Crippen molar-refractivity contribution in [1.29, 1.82) is 0 Å². The molecular formula is C21H30O2Si. The predicted octanol–water partition coefficient (Wildman–Crippen LogP) is 5.61. The fourth-order valence-electron chi connectivity index (χ4n) is 3.79. The molecule has 1 aliphatic carbocycles. The molecule has 0 aromatic heterocycles. The summed E-state index contributed by atoms with van der Waals surface area (Å²) in [5.41, 5.74) is 7.14. The van der Waals surface area contributed by atoms with E-state index in [9.17, 15) is 4.79 Å². The Hall–Kier alpha value is -1.53. The van der Waals surface area contributed by atoms with Crippen LogP contribution in [0.5, 0.6) is 5.75 Å². The maximum absolute atomic E-state index is 11.2. The first-order valence-corrected chi connectivity index (χ1v) is 11.3. The van der Waals surface area contributed by atoms with Crippen LogP contribution in [0.25, 0.3) is 0 Å². The molecule has 0 aliphatic heterocycles. The first-order chi connectivity index (χ1) is 11.3. The molecule has 0 heterocycles. The Morgan fingerprint density at radius 1 is 1.08 bits per heavy atom. The van der Waals surface area contributed by atoms with Crippen LogP contribution in [0.4, 0.5) is 0 Å². The number of carbonyl (C=O) groups excluding carboxylic acids is 1. The lowest BCUT2D eigenvalue weighted by Crippen LogP contribution is -2.43. The minimum Gasteiger partial charge on any atom is -0.490 e. The molecule has 0 amide bonds. The first kappa shape index (κ1) is 18.8. The molecule has 0 bridgehead atoms. The summed E-state index contributed by atoms with van der Waals surface area (Å²) in [7, 11) is -1.74. The zero-order valence-corrected chi connectivity index (χ0v) is 16.8. The van der Waals surface area contributed by atoms with E-state index in [1.54, 1.807) is 0 Å². The van der Waals surface area contributed by atoms with Crippen LogP contribution < -0.4 is 4.74 Å². The highest BCUT2D eigenvalue weighted by atomic mass is 28.3. The van der Waals surface area contributed by atoms with Crippen LogP contribution >= 0.6 is 0 Å². The van der Waals surface area contributed by atoms with Crippen molar-refractivity contribution >= 4 is 14.4 Å². The van der Waals surface area contributed by atoms with Crippen molar-refractivity contribution in [3.63, 3.8) is 0 Å². The first-order valence-electron chi connectivity index (χ1n) is 9.10. The molecule has 2 rings (SSSR count). The van der Waals surface area contributed by atoms with E-state index in [1.807, 2.05) is 18.2 Å². The molecule has 1 aliphatic rings. The molecule has 1 saturated carbocycles. The molecule has 0 radical (unpaired) electrons. The van der Waals surface area contributed by atoms with E-state index in [-0.39, 0.29) is 6.10 Å². The largest absolute Gasteiger partial charge is 0.490 e. The van der Waals surface area contributed by atoms with Gasteiger partial charge in [0.2, 0.25) is 0 Å². The molecule has 0 atom stereocenters. The standard InChI is InChI=1S/C21H30O2Si/c1-15(2)24(16(3)4,17(5)6)12-11-18-7-8-19(14-22)21(13-18)23-20-9-10-20/h7-8,13-17,20H,9-10H2,1-6H3. The van der Waals surface area contributed by atoms with Gasteiger partial charge in [0.15, 0.2) is 6.29 Å². The molecule has 1 aromatic rings. The lowest BCUT2D eigenvalue weighted by molar-refractivity contribution is 0.111. The topological polar surface area (TPSA) is 26.3 Å². The van der Waals surface area contributed by atoms with E-state index in [1.165, 1.54) is 0 Å². The van der Waals surface area contributed by atoms with Gasteiger partial charge in [-0.3, -0.25) is 4.79 Å². The van der Waals surface area contributed by atoms with E-state index in [0.717, 1.165) is 24.7 Å². The van der Waals surface area contributed by atoms with Gasteiger partial charge in [0.1, 0.15) is 13.8 Å². The minimum absolute atomic E-state index is 0.280. The van der Waals surface area contributed by atoms with Crippen molar-refractivity contribution < 1.29 is 9.53 Å². The minimum atomic E-state index is -1.74. The highest BCUT2D eigenvalue weighted by Gasteiger charge is 2.41. The van der Waals surface area contributed by atoms with Crippen molar-refractivity contribution in [2.24, 2.45) is 0 Å². The van der Waals surface area contributed by atoms with E-state index >= 15 is 0 Å². The van der Waals surface area contributed by atoms with E-state index in [0.29, 0.717) is 27.9 Å². The third kappa shape index (κ3) is 3.92. The molecule has 0 saturated heterocycles. The Bertz CT molecular complexity index is 624. The number of hydrogen-bond donors (Lipinski definition) is 0. The van der Waals surface area contributed by atoms with Crippen LogP contribution in [-0.2, 0) is 0 Å². The van der Waals surface area contributed by atoms with E-state index in [2.05, 4.69) is 53.0 Å². The molecule has 130 valence electrons. The second-order valence-electron chi connectivity index (χ2n) is 7.83. The fraction of sp³-hybridized carbons (Fsp3) is 0.571. The van der Waals surface area contributed by atoms with Crippen LogP contribution in [0.2, 0.25) is 16.6 Å². The van der Waals surface area contributed by atoms with Crippen LogP contribution in [0.3, 0.4) is 0 Å².